The van der Waals surface area contributed by atoms with Gasteiger partial charge in [-0.1, -0.05) is 53.7 Å². The molecule has 1 unspecified atom stereocenters. The summed E-state index contributed by atoms with van der Waals surface area (Å²) in [7, 11) is 0. The highest BCUT2D eigenvalue weighted by Gasteiger charge is 2.28. The second-order valence-corrected chi connectivity index (χ2v) is 10.1. The van der Waals surface area contributed by atoms with Crippen molar-refractivity contribution in [3.63, 3.8) is 0 Å². The van der Waals surface area contributed by atoms with Crippen LogP contribution in [-0.2, 0) is 16.1 Å². The largest absolute Gasteiger partial charge is 0.338 e. The van der Waals surface area contributed by atoms with Gasteiger partial charge in [-0.05, 0) is 30.7 Å². The third kappa shape index (κ3) is 4.83. The minimum atomic E-state index is 0.00617. The van der Waals surface area contributed by atoms with Crippen molar-refractivity contribution >= 4 is 57.2 Å². The maximum Gasteiger partial charge on any atom is 0.233 e. The predicted molar refractivity (Wildman–Crippen MR) is 138 cm³/mol. The average Bonchev–Trinajstić information content (AvgIpc) is 3.15. The molecule has 1 fully saturated rings. The summed E-state index contributed by atoms with van der Waals surface area (Å²) in [5, 5.41) is 10.9. The van der Waals surface area contributed by atoms with E-state index in [9.17, 15) is 9.59 Å². The molecule has 0 aliphatic carbocycles. The Morgan fingerprint density at radius 3 is 2.71 bits per heavy atom. The lowest BCUT2D eigenvalue weighted by Gasteiger charge is -2.39. The SMILES string of the molecule is CC(=O)N1CCN(C(=O)CSc2nnc3c4ccccc4n(Cc4cccc(Cl)c4)c3n2)CC1C. The van der Waals surface area contributed by atoms with Crippen molar-refractivity contribution in [1.82, 2.24) is 29.5 Å². The van der Waals surface area contributed by atoms with Crippen LogP contribution in [0, 0.1) is 0 Å². The van der Waals surface area contributed by atoms with Gasteiger partial charge >= 0.3 is 0 Å². The summed E-state index contributed by atoms with van der Waals surface area (Å²) in [4.78, 5) is 33.0. The number of hydrogen-bond donors (Lipinski definition) is 0. The number of fused-ring (bicyclic) bond motifs is 3. The number of carbonyl (C=O) groups is 2. The van der Waals surface area contributed by atoms with Gasteiger partial charge < -0.3 is 14.4 Å². The number of hydrogen-bond acceptors (Lipinski definition) is 6. The number of benzene rings is 2. The number of halogens is 1. The second kappa shape index (κ2) is 9.83. The number of rotatable bonds is 5. The zero-order chi connectivity index (χ0) is 24.5. The van der Waals surface area contributed by atoms with Crippen LogP contribution in [0.3, 0.4) is 0 Å². The molecule has 2 aromatic carbocycles. The lowest BCUT2D eigenvalue weighted by Crippen LogP contribution is -2.55. The molecule has 2 amide bonds. The maximum atomic E-state index is 12.8. The lowest BCUT2D eigenvalue weighted by atomic mass is 10.2. The zero-order valence-electron chi connectivity index (χ0n) is 19.5. The maximum absolute atomic E-state index is 12.8. The van der Waals surface area contributed by atoms with E-state index in [0.717, 1.165) is 27.6 Å². The summed E-state index contributed by atoms with van der Waals surface area (Å²) >= 11 is 7.49. The Hall–Kier alpha value is -3.17. The fourth-order valence-electron chi connectivity index (χ4n) is 4.60. The molecule has 0 saturated carbocycles. The van der Waals surface area contributed by atoms with Gasteiger partial charge in [-0.25, -0.2) is 4.98 Å². The van der Waals surface area contributed by atoms with Crippen molar-refractivity contribution in [3.05, 3.63) is 59.1 Å². The van der Waals surface area contributed by atoms with Gasteiger partial charge in [-0.15, -0.1) is 10.2 Å². The van der Waals surface area contributed by atoms with E-state index in [-0.39, 0.29) is 23.6 Å². The van der Waals surface area contributed by atoms with Crippen molar-refractivity contribution in [2.24, 2.45) is 0 Å². The third-order valence-electron chi connectivity index (χ3n) is 6.29. The van der Waals surface area contributed by atoms with Crippen LogP contribution in [0.2, 0.25) is 5.02 Å². The number of amides is 2. The van der Waals surface area contributed by atoms with E-state index >= 15 is 0 Å². The van der Waals surface area contributed by atoms with E-state index in [1.165, 1.54) is 11.8 Å². The lowest BCUT2D eigenvalue weighted by molar-refractivity contribution is -0.139. The molecular formula is C25H25ClN6O2S. The smallest absolute Gasteiger partial charge is 0.233 e. The molecule has 3 heterocycles. The van der Waals surface area contributed by atoms with E-state index in [2.05, 4.69) is 14.8 Å². The van der Waals surface area contributed by atoms with Crippen LogP contribution in [0.1, 0.15) is 19.4 Å². The Morgan fingerprint density at radius 2 is 1.94 bits per heavy atom. The summed E-state index contributed by atoms with van der Waals surface area (Å²) in [5.41, 5.74) is 3.52. The molecule has 0 radical (unpaired) electrons. The molecule has 8 nitrogen and oxygen atoms in total. The Bertz CT molecular complexity index is 1420. The molecule has 5 rings (SSSR count). The Kier molecular flexibility index (Phi) is 6.62. The first-order valence-electron chi connectivity index (χ1n) is 11.4. The average molecular weight is 509 g/mol. The normalized spacial score (nSPS) is 16.3. The number of carbonyl (C=O) groups excluding carboxylic acids is 2. The van der Waals surface area contributed by atoms with E-state index in [0.29, 0.717) is 36.4 Å². The molecule has 10 heteroatoms. The summed E-state index contributed by atoms with van der Waals surface area (Å²) in [6.07, 6.45) is 0. The quantitative estimate of drug-likeness (QED) is 0.381. The van der Waals surface area contributed by atoms with Crippen LogP contribution >= 0.6 is 23.4 Å². The fourth-order valence-corrected chi connectivity index (χ4v) is 5.50. The summed E-state index contributed by atoms with van der Waals surface area (Å²) in [6, 6.07) is 15.8. The van der Waals surface area contributed by atoms with Crippen LogP contribution in [0.15, 0.2) is 53.7 Å². The number of para-hydroxylation sites is 1. The monoisotopic (exact) mass is 508 g/mol. The molecule has 180 valence electrons. The van der Waals surface area contributed by atoms with Gasteiger partial charge in [0.15, 0.2) is 5.65 Å². The first-order valence-corrected chi connectivity index (χ1v) is 12.8. The van der Waals surface area contributed by atoms with E-state index in [1.54, 1.807) is 16.7 Å². The molecular weight excluding hydrogens is 484 g/mol. The van der Waals surface area contributed by atoms with Gasteiger partial charge in [-0.2, -0.15) is 0 Å². The molecule has 1 atom stereocenters. The fraction of sp³-hybridized carbons (Fsp3) is 0.320. The number of nitrogens with zero attached hydrogens (tertiary/aromatic N) is 6. The minimum Gasteiger partial charge on any atom is -0.338 e. The van der Waals surface area contributed by atoms with Crippen molar-refractivity contribution in [2.45, 2.75) is 31.6 Å². The van der Waals surface area contributed by atoms with Gasteiger partial charge in [0.2, 0.25) is 17.0 Å². The van der Waals surface area contributed by atoms with E-state index in [1.807, 2.05) is 55.5 Å². The molecule has 2 aromatic heterocycles. The topological polar surface area (TPSA) is 84.2 Å². The Balaban J connectivity index is 1.38. The minimum absolute atomic E-state index is 0.00617. The predicted octanol–water partition coefficient (Wildman–Crippen LogP) is 3.85. The molecule has 1 aliphatic rings. The molecule has 0 N–H and O–H groups in total. The zero-order valence-corrected chi connectivity index (χ0v) is 21.1. The molecule has 1 saturated heterocycles. The first kappa shape index (κ1) is 23.6. The third-order valence-corrected chi connectivity index (χ3v) is 7.35. The summed E-state index contributed by atoms with van der Waals surface area (Å²) < 4.78 is 2.11. The van der Waals surface area contributed by atoms with Gasteiger partial charge in [0.25, 0.3) is 0 Å². The first-order chi connectivity index (χ1) is 16.9. The molecule has 35 heavy (non-hydrogen) atoms. The Morgan fingerprint density at radius 1 is 1.11 bits per heavy atom. The van der Waals surface area contributed by atoms with Crippen LogP contribution in [0.5, 0.6) is 0 Å². The standard InChI is InChI=1S/C25H25ClN6O2S/c1-16-13-30(10-11-31(16)17(2)33)22(34)15-35-25-27-24-23(28-29-25)20-8-3-4-9-21(20)32(24)14-18-6-5-7-19(26)12-18/h3-9,12,16H,10-11,13-15H2,1-2H3. The van der Waals surface area contributed by atoms with Crippen molar-refractivity contribution in [2.75, 3.05) is 25.4 Å². The van der Waals surface area contributed by atoms with Crippen LogP contribution in [0.25, 0.3) is 22.1 Å². The van der Waals surface area contributed by atoms with Gasteiger partial charge in [0.1, 0.15) is 5.52 Å². The van der Waals surface area contributed by atoms with Crippen molar-refractivity contribution in [1.29, 1.82) is 0 Å². The number of thioether (sulfide) groups is 1. The second-order valence-electron chi connectivity index (χ2n) is 8.69. The van der Waals surface area contributed by atoms with Crippen LogP contribution in [-0.4, -0.2) is 72.8 Å². The number of piperazine rings is 1. The van der Waals surface area contributed by atoms with Gasteiger partial charge in [0, 0.05) is 49.6 Å². The van der Waals surface area contributed by atoms with Crippen molar-refractivity contribution < 1.29 is 9.59 Å². The van der Waals surface area contributed by atoms with Crippen LogP contribution < -0.4 is 0 Å². The van der Waals surface area contributed by atoms with Crippen molar-refractivity contribution in [3.8, 4) is 0 Å². The number of aromatic nitrogens is 4. The molecule has 1 aliphatic heterocycles. The van der Waals surface area contributed by atoms with E-state index in [4.69, 9.17) is 16.6 Å². The van der Waals surface area contributed by atoms with E-state index < -0.39 is 0 Å². The van der Waals surface area contributed by atoms with Gasteiger partial charge in [0.05, 0.1) is 11.3 Å². The van der Waals surface area contributed by atoms with Crippen LogP contribution in [0.4, 0.5) is 0 Å². The highest BCUT2D eigenvalue weighted by molar-refractivity contribution is 7.99. The summed E-state index contributed by atoms with van der Waals surface area (Å²) in [6.45, 7) is 5.75. The summed E-state index contributed by atoms with van der Waals surface area (Å²) in [5.74, 6) is 0.266. The Labute approximate surface area is 212 Å². The highest BCUT2D eigenvalue weighted by Crippen LogP contribution is 2.28. The van der Waals surface area contributed by atoms with Gasteiger partial charge in [-0.3, -0.25) is 9.59 Å². The molecule has 0 spiro atoms. The molecule has 0 bridgehead atoms. The highest BCUT2D eigenvalue weighted by atomic mass is 35.5. The molecule has 4 aromatic rings.